The molecule has 6 N–H and O–H groups in total. The summed E-state index contributed by atoms with van der Waals surface area (Å²) in [4.78, 5) is 38.2. The summed E-state index contributed by atoms with van der Waals surface area (Å²) in [7, 11) is 0. The van der Waals surface area contributed by atoms with Crippen molar-refractivity contribution in [3.05, 3.63) is 0 Å². The second-order valence-electron chi connectivity index (χ2n) is 9.57. The molecule has 0 spiro atoms. The maximum absolute atomic E-state index is 12.0. The third kappa shape index (κ3) is 25.2. The van der Waals surface area contributed by atoms with Crippen molar-refractivity contribution in [3.63, 3.8) is 0 Å². The Kier molecular flexibility index (Phi) is 25.2. The molecule has 218 valence electrons. The van der Waals surface area contributed by atoms with Crippen molar-refractivity contribution in [2.24, 2.45) is 0 Å². The fraction of sp³-hybridized carbons (Fsp3) is 0.889. The number of hydrogen-bond acceptors (Lipinski definition) is 4. The van der Waals surface area contributed by atoms with Gasteiger partial charge in [0, 0.05) is 58.9 Å². The van der Waals surface area contributed by atoms with E-state index in [2.05, 4.69) is 57.6 Å². The quantitative estimate of drug-likeness (QED) is 0.106. The molecule has 10 heteroatoms. The molecule has 0 heterocycles. The zero-order chi connectivity index (χ0) is 27.4. The molecule has 10 nitrogen and oxygen atoms in total. The molecular weight excluding hydrogens is 470 g/mol. The number of carbonyl (C=O) groups is 3. The van der Waals surface area contributed by atoms with Crippen LogP contribution in [0.3, 0.4) is 0 Å². The molecule has 0 fully saturated rings. The van der Waals surface area contributed by atoms with Crippen molar-refractivity contribution in [1.82, 2.24) is 36.8 Å². The summed E-state index contributed by atoms with van der Waals surface area (Å²) in [5.41, 5.74) is 0. The largest absolute Gasteiger partial charge is 0.338 e. The highest BCUT2D eigenvalue weighted by atomic mass is 16.2. The van der Waals surface area contributed by atoms with Gasteiger partial charge in [-0.05, 0) is 19.3 Å². The Bertz CT molecular complexity index is 488. The first-order valence-electron chi connectivity index (χ1n) is 14.8. The van der Waals surface area contributed by atoms with E-state index in [1.807, 2.05) is 0 Å². The highest BCUT2D eigenvalue weighted by Gasteiger charge is 2.08. The van der Waals surface area contributed by atoms with Gasteiger partial charge in [0.05, 0.1) is 0 Å². The van der Waals surface area contributed by atoms with Gasteiger partial charge in [-0.15, -0.1) is 0 Å². The lowest BCUT2D eigenvalue weighted by molar-refractivity contribution is 0.228. The number of nitrogens with one attached hydrogen (secondary N) is 6. The summed E-state index contributed by atoms with van der Waals surface area (Å²) in [6.07, 6.45) is 13.4. The van der Waals surface area contributed by atoms with Crippen LogP contribution in [-0.2, 0) is 0 Å². The number of rotatable bonds is 24. The van der Waals surface area contributed by atoms with Crippen LogP contribution in [0.5, 0.6) is 0 Å². The van der Waals surface area contributed by atoms with E-state index in [0.717, 1.165) is 38.5 Å². The molecular formula is C27H57N7O3. The second kappa shape index (κ2) is 26.8. The third-order valence-electron chi connectivity index (χ3n) is 6.09. The van der Waals surface area contributed by atoms with Crippen molar-refractivity contribution in [2.45, 2.75) is 97.8 Å². The Balaban J connectivity index is 4.29. The van der Waals surface area contributed by atoms with Crippen LogP contribution in [0.1, 0.15) is 97.8 Å². The zero-order valence-electron chi connectivity index (χ0n) is 24.0. The Morgan fingerprint density at radius 2 is 0.676 bits per heavy atom. The number of urea groups is 3. The monoisotopic (exact) mass is 527 g/mol. The highest BCUT2D eigenvalue weighted by Crippen LogP contribution is 1.98. The topological polar surface area (TPSA) is 127 Å². The van der Waals surface area contributed by atoms with Crippen LogP contribution in [0.2, 0.25) is 0 Å². The summed E-state index contributed by atoms with van der Waals surface area (Å²) in [5, 5.41) is 17.4. The summed E-state index contributed by atoms with van der Waals surface area (Å²) >= 11 is 0. The molecule has 0 aliphatic carbocycles. The number of unbranched alkanes of at least 4 members (excludes halogenated alkanes) is 9. The molecule has 0 aliphatic rings. The Labute approximate surface area is 226 Å². The zero-order valence-corrected chi connectivity index (χ0v) is 24.0. The molecule has 0 aliphatic heterocycles. The van der Waals surface area contributed by atoms with Crippen molar-refractivity contribution in [2.75, 3.05) is 58.9 Å². The van der Waals surface area contributed by atoms with Crippen molar-refractivity contribution in [1.29, 1.82) is 0 Å². The molecule has 6 amide bonds. The molecule has 0 unspecified atom stereocenters. The molecule has 0 aromatic rings. The van der Waals surface area contributed by atoms with Gasteiger partial charge in [0.2, 0.25) is 0 Å². The van der Waals surface area contributed by atoms with Gasteiger partial charge in [-0.3, -0.25) is 4.90 Å². The van der Waals surface area contributed by atoms with Gasteiger partial charge < -0.3 is 31.9 Å². The lowest BCUT2D eigenvalue weighted by Gasteiger charge is -2.23. The third-order valence-corrected chi connectivity index (χ3v) is 6.09. The van der Waals surface area contributed by atoms with E-state index in [1.165, 1.54) is 38.5 Å². The average Bonchev–Trinajstić information content (AvgIpc) is 2.88. The molecule has 0 radical (unpaired) electrons. The van der Waals surface area contributed by atoms with Crippen LogP contribution < -0.4 is 31.9 Å². The van der Waals surface area contributed by atoms with E-state index >= 15 is 0 Å². The smallest absolute Gasteiger partial charge is 0.314 e. The summed E-state index contributed by atoms with van der Waals surface area (Å²) in [6.45, 7) is 11.9. The molecule has 0 atom stereocenters. The highest BCUT2D eigenvalue weighted by molar-refractivity contribution is 5.74. The van der Waals surface area contributed by atoms with Gasteiger partial charge in [0.25, 0.3) is 0 Å². The lowest BCUT2D eigenvalue weighted by Crippen LogP contribution is -2.46. The van der Waals surface area contributed by atoms with Crippen LogP contribution in [0.25, 0.3) is 0 Å². The van der Waals surface area contributed by atoms with E-state index in [0.29, 0.717) is 58.9 Å². The molecule has 0 aromatic carbocycles. The van der Waals surface area contributed by atoms with E-state index in [9.17, 15) is 14.4 Å². The molecule has 0 saturated carbocycles. The molecule has 0 aromatic heterocycles. The fourth-order valence-corrected chi connectivity index (χ4v) is 3.77. The van der Waals surface area contributed by atoms with E-state index in [4.69, 9.17) is 0 Å². The molecule has 0 rings (SSSR count). The number of hydrogen-bond donors (Lipinski definition) is 6. The first kappa shape index (κ1) is 34.8. The van der Waals surface area contributed by atoms with E-state index in [1.54, 1.807) is 0 Å². The van der Waals surface area contributed by atoms with Gasteiger partial charge in [0.1, 0.15) is 0 Å². The van der Waals surface area contributed by atoms with Gasteiger partial charge in [0.15, 0.2) is 0 Å². The minimum atomic E-state index is -0.155. The van der Waals surface area contributed by atoms with Gasteiger partial charge in [-0.2, -0.15) is 0 Å². The van der Waals surface area contributed by atoms with Crippen LogP contribution in [-0.4, -0.2) is 81.9 Å². The summed E-state index contributed by atoms with van der Waals surface area (Å²) in [6, 6.07) is -0.465. The second-order valence-corrected chi connectivity index (χ2v) is 9.57. The first-order valence-corrected chi connectivity index (χ1v) is 14.8. The normalized spacial score (nSPS) is 10.7. The Morgan fingerprint density at radius 1 is 0.405 bits per heavy atom. The van der Waals surface area contributed by atoms with Crippen LogP contribution >= 0.6 is 0 Å². The summed E-state index contributed by atoms with van der Waals surface area (Å²) < 4.78 is 0. The SMILES string of the molecule is CCCCCCNC(=O)NCCN(CCNC(=O)NCCCCCC)CCNC(=O)NCCCCCC. The maximum Gasteiger partial charge on any atom is 0.314 e. The predicted molar refractivity (Wildman–Crippen MR) is 153 cm³/mol. The lowest BCUT2D eigenvalue weighted by atomic mass is 10.2. The Morgan fingerprint density at radius 3 is 0.946 bits per heavy atom. The number of nitrogens with zero attached hydrogens (tertiary/aromatic N) is 1. The maximum atomic E-state index is 12.0. The average molecular weight is 528 g/mol. The minimum absolute atomic E-state index is 0.155. The Hall–Kier alpha value is -2.23. The fourth-order valence-electron chi connectivity index (χ4n) is 3.77. The van der Waals surface area contributed by atoms with Crippen LogP contribution in [0, 0.1) is 0 Å². The van der Waals surface area contributed by atoms with Gasteiger partial charge in [-0.25, -0.2) is 14.4 Å². The number of amides is 6. The molecule has 0 saturated heterocycles. The van der Waals surface area contributed by atoms with Crippen molar-refractivity contribution < 1.29 is 14.4 Å². The summed E-state index contributed by atoms with van der Waals surface area (Å²) in [5.74, 6) is 0. The number of carbonyl (C=O) groups excluding carboxylic acids is 3. The molecule has 37 heavy (non-hydrogen) atoms. The van der Waals surface area contributed by atoms with Crippen molar-refractivity contribution in [3.8, 4) is 0 Å². The minimum Gasteiger partial charge on any atom is -0.338 e. The van der Waals surface area contributed by atoms with Crippen LogP contribution in [0.15, 0.2) is 0 Å². The van der Waals surface area contributed by atoms with E-state index in [-0.39, 0.29) is 18.1 Å². The molecule has 0 bridgehead atoms. The van der Waals surface area contributed by atoms with Crippen molar-refractivity contribution >= 4 is 18.1 Å². The van der Waals surface area contributed by atoms with E-state index < -0.39 is 0 Å². The standard InChI is InChI=1S/C27H57N7O3/c1-4-7-10-13-16-28-25(35)31-19-22-34(23-20-32-26(36)29-17-14-11-8-5-2)24-21-33-27(37)30-18-15-12-9-6-3/h4-24H2,1-3H3,(H2,28,31,35)(H2,29,32,36)(H2,30,33,37). The van der Waals surface area contributed by atoms with Gasteiger partial charge in [-0.1, -0.05) is 78.6 Å². The van der Waals surface area contributed by atoms with Crippen LogP contribution in [0.4, 0.5) is 14.4 Å². The van der Waals surface area contributed by atoms with Gasteiger partial charge >= 0.3 is 18.1 Å². The predicted octanol–water partition coefficient (Wildman–Crippen LogP) is 3.93. The first-order chi connectivity index (χ1) is 18.0.